The normalized spacial score (nSPS) is 13.9. The summed E-state index contributed by atoms with van der Waals surface area (Å²) >= 11 is 7.43. The Hall–Kier alpha value is -2.78. The number of thiophene rings is 1. The summed E-state index contributed by atoms with van der Waals surface area (Å²) in [4.78, 5) is 17.0. The van der Waals surface area contributed by atoms with Gasteiger partial charge >= 0.3 is 0 Å². The number of amides is 1. The molecule has 7 nitrogen and oxygen atoms in total. The van der Waals surface area contributed by atoms with Crippen molar-refractivity contribution in [3.8, 4) is 21.9 Å². The summed E-state index contributed by atoms with van der Waals surface area (Å²) < 4.78 is 16.8. The van der Waals surface area contributed by atoms with Crippen LogP contribution in [0.1, 0.15) is 16.1 Å². The molecule has 1 amide bonds. The average molecular weight is 516 g/mol. The molecule has 0 atom stereocenters. The highest BCUT2D eigenvalue weighted by molar-refractivity contribution is 7.18. The van der Waals surface area contributed by atoms with Crippen molar-refractivity contribution < 1.29 is 19.0 Å². The zero-order chi connectivity index (χ0) is 24.6. The summed E-state index contributed by atoms with van der Waals surface area (Å²) in [5, 5.41) is 6.77. The Labute approximate surface area is 214 Å². The predicted octanol–water partition coefficient (Wildman–Crippen LogP) is 5.47. The van der Waals surface area contributed by atoms with E-state index in [9.17, 15) is 4.79 Å². The van der Waals surface area contributed by atoms with Crippen LogP contribution in [0.3, 0.4) is 0 Å². The minimum Gasteiger partial charge on any atom is -0.493 e. The van der Waals surface area contributed by atoms with Crippen molar-refractivity contribution in [1.29, 1.82) is 0 Å². The van der Waals surface area contributed by atoms with Crippen LogP contribution in [0.25, 0.3) is 10.4 Å². The van der Waals surface area contributed by atoms with Crippen LogP contribution >= 0.6 is 22.9 Å². The highest BCUT2D eigenvalue weighted by Crippen LogP contribution is 2.36. The van der Waals surface area contributed by atoms with Gasteiger partial charge in [0.25, 0.3) is 5.91 Å². The van der Waals surface area contributed by atoms with Gasteiger partial charge in [0, 0.05) is 48.3 Å². The molecule has 0 radical (unpaired) electrons. The maximum Gasteiger partial charge on any atom is 0.267 e. The van der Waals surface area contributed by atoms with Crippen LogP contribution in [-0.4, -0.2) is 64.4 Å². The van der Waals surface area contributed by atoms with Crippen molar-refractivity contribution >= 4 is 40.2 Å². The summed E-state index contributed by atoms with van der Waals surface area (Å²) in [6.45, 7) is 5.11. The number of ether oxygens (including phenoxy) is 3. The minimum absolute atomic E-state index is 0.194. The van der Waals surface area contributed by atoms with Crippen LogP contribution in [-0.2, 0) is 4.74 Å². The van der Waals surface area contributed by atoms with Gasteiger partial charge in [-0.15, -0.1) is 11.3 Å². The zero-order valence-corrected chi connectivity index (χ0v) is 21.5. The lowest BCUT2D eigenvalue weighted by atomic mass is 10.2. The fourth-order valence-corrected chi connectivity index (χ4v) is 5.04. The van der Waals surface area contributed by atoms with Crippen LogP contribution in [0.2, 0.25) is 5.02 Å². The zero-order valence-electron chi connectivity index (χ0n) is 19.9. The van der Waals surface area contributed by atoms with E-state index in [0.717, 1.165) is 55.4 Å². The molecule has 186 valence electrons. The fourth-order valence-electron chi connectivity index (χ4n) is 3.85. The number of methoxy groups -OCH3 is 1. The molecule has 1 fully saturated rings. The second-order valence-electron chi connectivity index (χ2n) is 8.09. The first-order valence-electron chi connectivity index (χ1n) is 11.6. The van der Waals surface area contributed by atoms with Crippen LogP contribution in [0.15, 0.2) is 48.5 Å². The molecular formula is C26H30ClN3O4S. The van der Waals surface area contributed by atoms with E-state index in [0.29, 0.717) is 33.7 Å². The Morgan fingerprint density at radius 2 is 1.89 bits per heavy atom. The first-order chi connectivity index (χ1) is 17.1. The number of nitrogens with one attached hydrogen (secondary N) is 2. The summed E-state index contributed by atoms with van der Waals surface area (Å²) in [5.41, 5.74) is 2.41. The molecule has 0 spiro atoms. The van der Waals surface area contributed by atoms with Gasteiger partial charge in [0.2, 0.25) is 0 Å². The number of carbonyl (C=O) groups excluding carboxylic acids is 1. The number of halogens is 1. The maximum absolute atomic E-state index is 13.1. The Bertz CT molecular complexity index is 1130. The summed E-state index contributed by atoms with van der Waals surface area (Å²) in [7, 11) is 3.40. The van der Waals surface area contributed by atoms with Gasteiger partial charge < -0.3 is 24.8 Å². The van der Waals surface area contributed by atoms with Crippen molar-refractivity contribution in [2.24, 2.45) is 0 Å². The SMILES string of the molecule is CNc1cc(-c2ccc(Cl)cc2)sc1C(=O)Nc1ccc(OCCCN2CCOCC2)c(OC)c1. The molecule has 3 aromatic rings. The lowest BCUT2D eigenvalue weighted by Crippen LogP contribution is -2.37. The Kier molecular flexibility index (Phi) is 8.87. The van der Waals surface area contributed by atoms with Crippen LogP contribution in [0, 0.1) is 0 Å². The van der Waals surface area contributed by atoms with E-state index in [-0.39, 0.29) is 5.91 Å². The monoisotopic (exact) mass is 515 g/mol. The topological polar surface area (TPSA) is 72.1 Å². The number of hydrogen-bond acceptors (Lipinski definition) is 7. The van der Waals surface area contributed by atoms with Gasteiger partial charge in [-0.3, -0.25) is 9.69 Å². The van der Waals surface area contributed by atoms with E-state index in [1.807, 2.05) is 42.5 Å². The Morgan fingerprint density at radius 1 is 1.11 bits per heavy atom. The molecule has 2 N–H and O–H groups in total. The molecule has 0 saturated carbocycles. The number of carbonyl (C=O) groups is 1. The smallest absolute Gasteiger partial charge is 0.267 e. The van der Waals surface area contributed by atoms with Gasteiger partial charge in [0.05, 0.1) is 32.6 Å². The van der Waals surface area contributed by atoms with Crippen molar-refractivity contribution in [2.45, 2.75) is 6.42 Å². The van der Waals surface area contributed by atoms with E-state index < -0.39 is 0 Å². The fraction of sp³-hybridized carbons (Fsp3) is 0.346. The third-order valence-corrected chi connectivity index (χ3v) is 7.17. The highest BCUT2D eigenvalue weighted by Gasteiger charge is 2.18. The van der Waals surface area contributed by atoms with E-state index in [2.05, 4.69) is 15.5 Å². The molecule has 0 aliphatic carbocycles. The number of benzene rings is 2. The van der Waals surface area contributed by atoms with Crippen molar-refractivity contribution in [2.75, 3.05) is 64.2 Å². The molecule has 0 unspecified atom stereocenters. The molecule has 2 aromatic carbocycles. The van der Waals surface area contributed by atoms with Crippen LogP contribution in [0.5, 0.6) is 11.5 Å². The third-order valence-electron chi connectivity index (χ3n) is 5.74. The van der Waals surface area contributed by atoms with E-state index in [4.69, 9.17) is 25.8 Å². The molecule has 1 saturated heterocycles. The molecule has 9 heteroatoms. The minimum atomic E-state index is -0.194. The molecular weight excluding hydrogens is 486 g/mol. The Morgan fingerprint density at radius 3 is 2.60 bits per heavy atom. The van der Waals surface area contributed by atoms with Gasteiger partial charge in [0.1, 0.15) is 4.88 Å². The maximum atomic E-state index is 13.1. The first kappa shape index (κ1) is 25.3. The summed E-state index contributed by atoms with van der Waals surface area (Å²) in [6, 6.07) is 15.0. The second kappa shape index (κ2) is 12.3. The second-order valence-corrected chi connectivity index (χ2v) is 9.57. The molecule has 0 bridgehead atoms. The molecule has 4 rings (SSSR count). The molecule has 2 heterocycles. The van der Waals surface area contributed by atoms with Crippen molar-refractivity contribution in [3.63, 3.8) is 0 Å². The molecule has 1 aliphatic heterocycles. The van der Waals surface area contributed by atoms with Gasteiger partial charge in [-0.25, -0.2) is 0 Å². The van der Waals surface area contributed by atoms with Gasteiger partial charge in [-0.1, -0.05) is 23.7 Å². The van der Waals surface area contributed by atoms with Gasteiger partial charge in [-0.2, -0.15) is 0 Å². The van der Waals surface area contributed by atoms with Gasteiger partial charge in [-0.05, 0) is 42.3 Å². The van der Waals surface area contributed by atoms with Crippen molar-refractivity contribution in [3.05, 3.63) is 58.4 Å². The number of nitrogens with zero attached hydrogens (tertiary/aromatic N) is 1. The Balaban J connectivity index is 1.38. The lowest BCUT2D eigenvalue weighted by molar-refractivity contribution is 0.0357. The largest absolute Gasteiger partial charge is 0.493 e. The van der Waals surface area contributed by atoms with E-state index >= 15 is 0 Å². The highest BCUT2D eigenvalue weighted by atomic mass is 35.5. The number of morpholine rings is 1. The van der Waals surface area contributed by atoms with E-state index in [1.165, 1.54) is 11.3 Å². The first-order valence-corrected chi connectivity index (χ1v) is 12.8. The third kappa shape index (κ3) is 6.67. The van der Waals surface area contributed by atoms with Crippen LogP contribution in [0.4, 0.5) is 11.4 Å². The lowest BCUT2D eigenvalue weighted by Gasteiger charge is -2.26. The van der Waals surface area contributed by atoms with E-state index in [1.54, 1.807) is 20.2 Å². The number of hydrogen-bond donors (Lipinski definition) is 2. The molecule has 1 aromatic heterocycles. The predicted molar refractivity (Wildman–Crippen MR) is 143 cm³/mol. The summed E-state index contributed by atoms with van der Waals surface area (Å²) in [6.07, 6.45) is 0.919. The van der Waals surface area contributed by atoms with Gasteiger partial charge in [0.15, 0.2) is 11.5 Å². The summed E-state index contributed by atoms with van der Waals surface area (Å²) in [5.74, 6) is 1.04. The molecule has 1 aliphatic rings. The molecule has 35 heavy (non-hydrogen) atoms. The number of rotatable bonds is 10. The average Bonchev–Trinajstić information content (AvgIpc) is 3.33. The quantitative estimate of drug-likeness (QED) is 0.349. The standard InChI is InChI=1S/C26H30ClN3O4S/c1-28-21-17-24(18-4-6-19(27)7-5-18)35-25(21)26(31)29-20-8-9-22(23(16-20)32-2)34-13-3-10-30-11-14-33-15-12-30/h4-9,16-17,28H,3,10-15H2,1-2H3,(H,29,31). The number of anilines is 2. The van der Waals surface area contributed by atoms with Crippen LogP contribution < -0.4 is 20.1 Å². The van der Waals surface area contributed by atoms with Crippen molar-refractivity contribution in [1.82, 2.24) is 4.90 Å².